The predicted molar refractivity (Wildman–Crippen MR) is 151 cm³/mol. The Morgan fingerprint density at radius 3 is 2.42 bits per heavy atom. The van der Waals surface area contributed by atoms with Crippen molar-refractivity contribution >= 4 is 23.3 Å². The maximum absolute atomic E-state index is 14.0. The highest BCUT2D eigenvalue weighted by Gasteiger charge is 2.36. The monoisotopic (exact) mass is 521 g/mol. The second-order valence-corrected chi connectivity index (χ2v) is 9.94. The van der Waals surface area contributed by atoms with Crippen molar-refractivity contribution in [3.8, 4) is 11.5 Å². The fourth-order valence-electron chi connectivity index (χ4n) is 5.16. The molecule has 2 amide bonds. The number of carbonyl (C=O) groups excluding carboxylic acids is 1. The molecule has 1 aliphatic heterocycles. The molecule has 3 aromatic carbocycles. The summed E-state index contributed by atoms with van der Waals surface area (Å²) in [5.41, 5.74) is 6.86. The van der Waals surface area contributed by atoms with Crippen LogP contribution in [0.15, 0.2) is 97.2 Å². The molecule has 0 spiro atoms. The number of nitrogens with zero attached hydrogens (tertiary/aromatic N) is 4. The smallest absolute Gasteiger partial charge is 0.308 e. The minimum Gasteiger partial charge on any atom is -0.308 e. The lowest BCUT2D eigenvalue weighted by atomic mass is 9.99. The number of halogens is 1. The summed E-state index contributed by atoms with van der Waals surface area (Å²) in [6, 6.07) is 29.5. The van der Waals surface area contributed by atoms with Gasteiger partial charge >= 0.3 is 6.03 Å². The van der Waals surface area contributed by atoms with E-state index in [0.717, 1.165) is 40.4 Å². The second kappa shape index (κ2) is 9.88. The van der Waals surface area contributed by atoms with Crippen molar-refractivity contribution in [3.63, 3.8) is 0 Å². The molecule has 38 heavy (non-hydrogen) atoms. The third-order valence-corrected chi connectivity index (χ3v) is 7.40. The van der Waals surface area contributed by atoms with Crippen LogP contribution in [0.1, 0.15) is 41.0 Å². The van der Waals surface area contributed by atoms with E-state index in [4.69, 9.17) is 16.7 Å². The maximum atomic E-state index is 14.0. The largest absolute Gasteiger partial charge is 0.322 e. The molecule has 1 aliphatic rings. The van der Waals surface area contributed by atoms with Crippen LogP contribution in [0.5, 0.6) is 0 Å². The third-order valence-electron chi connectivity index (χ3n) is 7.15. The summed E-state index contributed by atoms with van der Waals surface area (Å²) in [7, 11) is 0. The molecule has 0 fully saturated rings. The number of aryl methyl sites for hydroxylation is 2. The fourth-order valence-corrected chi connectivity index (χ4v) is 5.29. The SMILES string of the molecule is CCc1ccc(C2c3cccn3-c3c(c(C)nn3-c3ccccc3)CN2C(=O)Nc2ccc(Cl)cc2)cc1. The Hall–Kier alpha value is -4.29. The normalized spacial score (nSPS) is 14.5. The minimum absolute atomic E-state index is 0.190. The molecule has 0 saturated heterocycles. The summed E-state index contributed by atoms with van der Waals surface area (Å²) in [6.07, 6.45) is 3.02. The minimum atomic E-state index is -0.306. The van der Waals surface area contributed by atoms with Crippen molar-refractivity contribution in [2.75, 3.05) is 5.32 Å². The van der Waals surface area contributed by atoms with E-state index in [1.165, 1.54) is 5.56 Å². The number of nitrogens with one attached hydrogen (secondary N) is 1. The van der Waals surface area contributed by atoms with E-state index in [0.29, 0.717) is 17.3 Å². The first kappa shape index (κ1) is 24.1. The highest BCUT2D eigenvalue weighted by molar-refractivity contribution is 6.30. The van der Waals surface area contributed by atoms with Gasteiger partial charge < -0.3 is 14.8 Å². The first-order valence-electron chi connectivity index (χ1n) is 12.8. The third kappa shape index (κ3) is 4.27. The van der Waals surface area contributed by atoms with Gasteiger partial charge in [0, 0.05) is 22.5 Å². The Balaban J connectivity index is 1.52. The van der Waals surface area contributed by atoms with Crippen molar-refractivity contribution in [2.45, 2.75) is 32.9 Å². The molecule has 7 heteroatoms. The average Bonchev–Trinajstić information content (AvgIpc) is 3.51. The van der Waals surface area contributed by atoms with Crippen molar-refractivity contribution in [1.82, 2.24) is 19.2 Å². The highest BCUT2D eigenvalue weighted by Crippen LogP contribution is 2.38. The van der Waals surface area contributed by atoms with Crippen LogP contribution in [0.25, 0.3) is 11.5 Å². The van der Waals surface area contributed by atoms with E-state index in [2.05, 4.69) is 53.3 Å². The van der Waals surface area contributed by atoms with Crippen LogP contribution in [-0.2, 0) is 13.0 Å². The molecule has 1 atom stereocenters. The molecule has 1 N–H and O–H groups in total. The van der Waals surface area contributed by atoms with Gasteiger partial charge in [0.25, 0.3) is 0 Å². The first-order chi connectivity index (χ1) is 18.5. The molecule has 0 saturated carbocycles. The van der Waals surface area contributed by atoms with E-state index in [1.807, 2.05) is 65.0 Å². The molecule has 3 heterocycles. The zero-order chi connectivity index (χ0) is 26.2. The number of fused-ring (bicyclic) bond motifs is 3. The van der Waals surface area contributed by atoms with Gasteiger partial charge in [-0.3, -0.25) is 0 Å². The average molecular weight is 522 g/mol. The molecule has 190 valence electrons. The number of hydrogen-bond donors (Lipinski definition) is 1. The number of para-hydroxylation sites is 1. The number of hydrogen-bond acceptors (Lipinski definition) is 2. The van der Waals surface area contributed by atoms with Crippen molar-refractivity contribution < 1.29 is 4.79 Å². The topological polar surface area (TPSA) is 55.1 Å². The van der Waals surface area contributed by atoms with Crippen molar-refractivity contribution in [3.05, 3.63) is 130 Å². The first-order valence-corrected chi connectivity index (χ1v) is 13.1. The standard InChI is InChI=1S/C31H28ClN5O/c1-3-22-11-13-23(14-12-22)29-28-10-7-19-35(28)30-27(21(2)34-37(30)26-8-5-4-6-9-26)20-36(29)31(38)33-25-17-15-24(32)16-18-25/h4-19,29H,3,20H2,1-2H3,(H,33,38). The molecule has 0 bridgehead atoms. The van der Waals surface area contributed by atoms with E-state index < -0.39 is 0 Å². The van der Waals surface area contributed by atoms with Gasteiger partial charge in [-0.05, 0) is 73.0 Å². The van der Waals surface area contributed by atoms with Gasteiger partial charge in [-0.15, -0.1) is 0 Å². The number of anilines is 1. The zero-order valence-corrected chi connectivity index (χ0v) is 22.1. The van der Waals surface area contributed by atoms with Gasteiger partial charge in [-0.2, -0.15) is 5.10 Å². The Morgan fingerprint density at radius 2 is 1.71 bits per heavy atom. The summed E-state index contributed by atoms with van der Waals surface area (Å²) in [5.74, 6) is 0.950. The fraction of sp³-hybridized carbons (Fsp3) is 0.161. The second-order valence-electron chi connectivity index (χ2n) is 9.50. The molecular weight excluding hydrogens is 494 g/mol. The lowest BCUT2D eigenvalue weighted by molar-refractivity contribution is 0.194. The van der Waals surface area contributed by atoms with E-state index in [-0.39, 0.29) is 12.1 Å². The molecule has 1 unspecified atom stereocenters. The summed E-state index contributed by atoms with van der Waals surface area (Å²) < 4.78 is 4.16. The van der Waals surface area contributed by atoms with Crippen LogP contribution in [0.3, 0.4) is 0 Å². The Labute approximate surface area is 227 Å². The van der Waals surface area contributed by atoms with Crippen LogP contribution in [0.4, 0.5) is 10.5 Å². The quantitative estimate of drug-likeness (QED) is 0.269. The number of benzene rings is 3. The zero-order valence-electron chi connectivity index (χ0n) is 21.3. The van der Waals surface area contributed by atoms with Crippen LogP contribution >= 0.6 is 11.6 Å². The van der Waals surface area contributed by atoms with Crippen LogP contribution in [0.2, 0.25) is 5.02 Å². The number of urea groups is 1. The molecule has 5 aromatic rings. The van der Waals surface area contributed by atoms with Gasteiger partial charge in [-0.25, -0.2) is 9.48 Å². The van der Waals surface area contributed by atoms with E-state index >= 15 is 0 Å². The molecule has 6 rings (SSSR count). The van der Waals surface area contributed by atoms with Gasteiger partial charge in [0.1, 0.15) is 5.82 Å². The summed E-state index contributed by atoms with van der Waals surface area (Å²) >= 11 is 6.08. The highest BCUT2D eigenvalue weighted by atomic mass is 35.5. The number of rotatable bonds is 4. The Kier molecular flexibility index (Phi) is 6.26. The van der Waals surface area contributed by atoms with Gasteiger partial charge in [-0.1, -0.05) is 61.0 Å². The van der Waals surface area contributed by atoms with E-state index in [1.54, 1.807) is 12.1 Å². The Morgan fingerprint density at radius 1 is 0.974 bits per heavy atom. The van der Waals surface area contributed by atoms with E-state index in [9.17, 15) is 4.79 Å². The molecule has 2 aromatic heterocycles. The van der Waals surface area contributed by atoms with Gasteiger partial charge in [0.05, 0.1) is 29.7 Å². The van der Waals surface area contributed by atoms with Crippen LogP contribution < -0.4 is 5.32 Å². The van der Waals surface area contributed by atoms with Crippen molar-refractivity contribution in [2.24, 2.45) is 0 Å². The lowest BCUT2D eigenvalue weighted by Crippen LogP contribution is -2.38. The van der Waals surface area contributed by atoms with Gasteiger partial charge in [0.15, 0.2) is 0 Å². The molecule has 6 nitrogen and oxygen atoms in total. The maximum Gasteiger partial charge on any atom is 0.322 e. The summed E-state index contributed by atoms with van der Waals surface area (Å²) in [4.78, 5) is 15.9. The summed E-state index contributed by atoms with van der Waals surface area (Å²) in [5, 5.41) is 8.63. The van der Waals surface area contributed by atoms with Crippen LogP contribution in [0, 0.1) is 6.92 Å². The molecular formula is C31H28ClN5O. The number of aromatic nitrogens is 3. The lowest BCUT2D eigenvalue weighted by Gasteiger charge is -2.31. The van der Waals surface area contributed by atoms with Crippen LogP contribution in [-0.4, -0.2) is 25.3 Å². The van der Waals surface area contributed by atoms with Gasteiger partial charge in [0.2, 0.25) is 0 Å². The molecule has 0 aliphatic carbocycles. The Bertz CT molecular complexity index is 1590. The summed E-state index contributed by atoms with van der Waals surface area (Å²) in [6.45, 7) is 4.55. The number of amides is 2. The predicted octanol–water partition coefficient (Wildman–Crippen LogP) is 7.32. The molecule has 0 radical (unpaired) electrons. The van der Waals surface area contributed by atoms with Crippen molar-refractivity contribution in [1.29, 1.82) is 0 Å². The number of carbonyl (C=O) groups is 1.